The van der Waals surface area contributed by atoms with Crippen LogP contribution in [0.25, 0.3) is 0 Å². The fourth-order valence-electron chi connectivity index (χ4n) is 1.14. The Hall–Kier alpha value is -0.450. The summed E-state index contributed by atoms with van der Waals surface area (Å²) in [4.78, 5) is 0. The zero-order valence-corrected chi connectivity index (χ0v) is 9.55. The molecule has 1 atom stereocenters. The van der Waals surface area contributed by atoms with Crippen LogP contribution < -0.4 is 5.73 Å². The van der Waals surface area contributed by atoms with Crippen molar-refractivity contribution in [1.82, 2.24) is 0 Å². The van der Waals surface area contributed by atoms with Crippen LogP contribution in [0.1, 0.15) is 18.5 Å². The number of nitrogens with two attached hydrogens (primary N) is 1. The van der Waals surface area contributed by atoms with Crippen LogP contribution in [0.5, 0.6) is 0 Å². The zero-order valence-electron chi connectivity index (χ0n) is 7.97. The number of benzene rings is 1. The lowest BCUT2D eigenvalue weighted by molar-refractivity contribution is 0.132. The van der Waals surface area contributed by atoms with E-state index in [-0.39, 0.29) is 5.82 Å². The number of ether oxygens (including phenoxy) is 1. The van der Waals surface area contributed by atoms with E-state index in [2.05, 4.69) is 15.9 Å². The van der Waals surface area contributed by atoms with Gasteiger partial charge in [-0.15, -0.1) is 0 Å². The first kappa shape index (κ1) is 11.6. The molecule has 0 amide bonds. The highest BCUT2D eigenvalue weighted by atomic mass is 79.9. The molecule has 14 heavy (non-hydrogen) atoms. The van der Waals surface area contributed by atoms with E-state index < -0.39 is 6.04 Å². The summed E-state index contributed by atoms with van der Waals surface area (Å²) in [6.07, 6.45) is 0. The van der Waals surface area contributed by atoms with Crippen LogP contribution in [-0.4, -0.2) is 13.2 Å². The van der Waals surface area contributed by atoms with Gasteiger partial charge in [-0.2, -0.15) is 0 Å². The summed E-state index contributed by atoms with van der Waals surface area (Å²) in [6.45, 7) is 2.81. The fraction of sp³-hybridized carbons (Fsp3) is 0.400. The molecule has 4 heteroatoms. The summed E-state index contributed by atoms with van der Waals surface area (Å²) < 4.78 is 19.2. The minimum absolute atomic E-state index is 0.299. The van der Waals surface area contributed by atoms with Gasteiger partial charge in [0.25, 0.3) is 0 Å². The number of halogens is 2. The molecule has 1 unspecified atom stereocenters. The van der Waals surface area contributed by atoms with Crippen molar-refractivity contribution in [2.75, 3.05) is 13.2 Å². The predicted molar refractivity (Wildman–Crippen MR) is 57.5 cm³/mol. The van der Waals surface area contributed by atoms with Crippen molar-refractivity contribution in [1.29, 1.82) is 0 Å². The highest BCUT2D eigenvalue weighted by Gasteiger charge is 2.11. The van der Waals surface area contributed by atoms with Crippen LogP contribution in [0.4, 0.5) is 4.39 Å². The molecule has 0 spiro atoms. The lowest BCUT2D eigenvalue weighted by Gasteiger charge is -2.12. The van der Waals surface area contributed by atoms with Gasteiger partial charge in [0.05, 0.1) is 12.6 Å². The zero-order chi connectivity index (χ0) is 10.6. The third-order valence-electron chi connectivity index (χ3n) is 1.86. The van der Waals surface area contributed by atoms with Crippen LogP contribution in [0.3, 0.4) is 0 Å². The highest BCUT2D eigenvalue weighted by molar-refractivity contribution is 9.10. The minimum atomic E-state index is -0.400. The van der Waals surface area contributed by atoms with Gasteiger partial charge in [-0.1, -0.05) is 22.0 Å². The van der Waals surface area contributed by atoms with Gasteiger partial charge in [0.2, 0.25) is 0 Å². The van der Waals surface area contributed by atoms with Gasteiger partial charge in [0.1, 0.15) is 5.82 Å². The monoisotopic (exact) mass is 261 g/mol. The van der Waals surface area contributed by atoms with E-state index in [1.807, 2.05) is 6.92 Å². The van der Waals surface area contributed by atoms with E-state index in [0.717, 1.165) is 0 Å². The summed E-state index contributed by atoms with van der Waals surface area (Å²) in [5, 5.41) is 0. The molecular formula is C10H13BrFNO. The van der Waals surface area contributed by atoms with Crippen molar-refractivity contribution in [3.63, 3.8) is 0 Å². The quantitative estimate of drug-likeness (QED) is 0.905. The van der Waals surface area contributed by atoms with Crippen LogP contribution in [0.2, 0.25) is 0 Å². The van der Waals surface area contributed by atoms with Gasteiger partial charge in [-0.25, -0.2) is 4.39 Å². The maximum Gasteiger partial charge on any atom is 0.129 e. The Kier molecular flexibility index (Phi) is 4.51. The molecule has 0 saturated carbocycles. The van der Waals surface area contributed by atoms with E-state index >= 15 is 0 Å². The molecule has 0 saturated heterocycles. The highest BCUT2D eigenvalue weighted by Crippen LogP contribution is 2.19. The second-order valence-electron chi connectivity index (χ2n) is 2.93. The van der Waals surface area contributed by atoms with Crippen molar-refractivity contribution in [2.45, 2.75) is 13.0 Å². The Morgan fingerprint density at radius 2 is 2.29 bits per heavy atom. The van der Waals surface area contributed by atoms with Gasteiger partial charge in [-0.3, -0.25) is 0 Å². The summed E-state index contributed by atoms with van der Waals surface area (Å²) in [6, 6.07) is 4.44. The largest absolute Gasteiger partial charge is 0.380 e. The van der Waals surface area contributed by atoms with Gasteiger partial charge in [0, 0.05) is 16.6 Å². The molecule has 1 aromatic carbocycles. The number of hydrogen-bond acceptors (Lipinski definition) is 2. The Balaban J connectivity index is 2.74. The van der Waals surface area contributed by atoms with Crippen LogP contribution >= 0.6 is 15.9 Å². The van der Waals surface area contributed by atoms with Gasteiger partial charge in [0.15, 0.2) is 0 Å². The standard InChI is InChI=1S/C10H13BrFNO/c1-2-14-6-10(13)8-4-3-7(11)5-9(8)12/h3-5,10H,2,6,13H2,1H3. The molecule has 0 aliphatic carbocycles. The number of rotatable bonds is 4. The molecule has 2 nitrogen and oxygen atoms in total. The third-order valence-corrected chi connectivity index (χ3v) is 2.36. The lowest BCUT2D eigenvalue weighted by Crippen LogP contribution is -2.18. The second kappa shape index (κ2) is 5.44. The van der Waals surface area contributed by atoms with Gasteiger partial charge < -0.3 is 10.5 Å². The maximum absolute atomic E-state index is 13.4. The molecule has 0 aromatic heterocycles. The second-order valence-corrected chi connectivity index (χ2v) is 3.85. The Bertz CT molecular complexity index is 306. The average molecular weight is 262 g/mol. The van der Waals surface area contributed by atoms with E-state index in [9.17, 15) is 4.39 Å². The Morgan fingerprint density at radius 3 is 2.86 bits per heavy atom. The molecule has 1 aromatic rings. The van der Waals surface area contributed by atoms with Crippen molar-refractivity contribution < 1.29 is 9.13 Å². The van der Waals surface area contributed by atoms with Crippen molar-refractivity contribution >= 4 is 15.9 Å². The van der Waals surface area contributed by atoms with Crippen molar-refractivity contribution in [3.8, 4) is 0 Å². The van der Waals surface area contributed by atoms with E-state index in [0.29, 0.717) is 23.2 Å². The topological polar surface area (TPSA) is 35.2 Å². The molecule has 0 radical (unpaired) electrons. The number of hydrogen-bond donors (Lipinski definition) is 1. The minimum Gasteiger partial charge on any atom is -0.380 e. The Labute approximate surface area is 91.4 Å². The van der Waals surface area contributed by atoms with Crippen molar-refractivity contribution in [2.24, 2.45) is 5.73 Å². The SMILES string of the molecule is CCOCC(N)c1ccc(Br)cc1F. The average Bonchev–Trinajstić information content (AvgIpc) is 2.14. The molecule has 0 aliphatic heterocycles. The molecule has 1 rings (SSSR count). The molecule has 0 heterocycles. The van der Waals surface area contributed by atoms with Gasteiger partial charge >= 0.3 is 0 Å². The molecular weight excluding hydrogens is 249 g/mol. The summed E-state index contributed by atoms with van der Waals surface area (Å²) in [5.41, 5.74) is 6.24. The van der Waals surface area contributed by atoms with Crippen LogP contribution in [-0.2, 0) is 4.74 Å². The maximum atomic E-state index is 13.4. The molecule has 0 bridgehead atoms. The molecule has 2 N–H and O–H groups in total. The molecule has 0 fully saturated rings. The summed E-state index contributed by atoms with van der Waals surface area (Å²) >= 11 is 3.19. The fourth-order valence-corrected chi connectivity index (χ4v) is 1.47. The smallest absolute Gasteiger partial charge is 0.129 e. The van der Waals surface area contributed by atoms with E-state index in [1.165, 1.54) is 6.07 Å². The van der Waals surface area contributed by atoms with Gasteiger partial charge in [-0.05, 0) is 19.1 Å². The normalized spacial score (nSPS) is 12.9. The first-order valence-electron chi connectivity index (χ1n) is 4.43. The van der Waals surface area contributed by atoms with Crippen molar-refractivity contribution in [3.05, 3.63) is 34.1 Å². The van der Waals surface area contributed by atoms with E-state index in [1.54, 1.807) is 12.1 Å². The Morgan fingerprint density at radius 1 is 1.57 bits per heavy atom. The molecule has 78 valence electrons. The summed E-state index contributed by atoms with van der Waals surface area (Å²) in [7, 11) is 0. The summed E-state index contributed by atoms with van der Waals surface area (Å²) in [5.74, 6) is -0.299. The predicted octanol–water partition coefficient (Wildman–Crippen LogP) is 2.62. The van der Waals surface area contributed by atoms with E-state index in [4.69, 9.17) is 10.5 Å². The van der Waals surface area contributed by atoms with Crippen LogP contribution in [0, 0.1) is 5.82 Å². The first-order valence-corrected chi connectivity index (χ1v) is 5.22. The third kappa shape index (κ3) is 3.04. The molecule has 0 aliphatic rings. The van der Waals surface area contributed by atoms with Crippen LogP contribution in [0.15, 0.2) is 22.7 Å². The first-order chi connectivity index (χ1) is 6.65. The lowest BCUT2D eigenvalue weighted by atomic mass is 10.1.